The van der Waals surface area contributed by atoms with E-state index in [4.69, 9.17) is 9.47 Å². The molecular formula is C17H19N3O3. The maximum Gasteiger partial charge on any atom is 0.257 e. The van der Waals surface area contributed by atoms with Crippen LogP contribution in [0.3, 0.4) is 0 Å². The van der Waals surface area contributed by atoms with E-state index in [9.17, 15) is 4.79 Å². The third-order valence-electron chi connectivity index (χ3n) is 3.09. The summed E-state index contributed by atoms with van der Waals surface area (Å²) in [5.41, 5.74) is 1.82. The molecule has 6 heteroatoms. The Morgan fingerprint density at radius 3 is 2.65 bits per heavy atom. The molecule has 2 rings (SSSR count). The fraction of sp³-hybridized carbons (Fsp3) is 0.176. The summed E-state index contributed by atoms with van der Waals surface area (Å²) in [4.78, 5) is 16.4. The number of carbonyl (C=O) groups excluding carboxylic acids is 1. The van der Waals surface area contributed by atoms with Crippen LogP contribution < -0.4 is 20.1 Å². The van der Waals surface area contributed by atoms with Crippen LogP contribution in [0, 0.1) is 0 Å². The van der Waals surface area contributed by atoms with Gasteiger partial charge in [0.2, 0.25) is 0 Å². The molecule has 0 aliphatic carbocycles. The molecule has 6 nitrogen and oxygen atoms in total. The standard InChI is InChI=1S/C17H19N3O3/c1-4-7-19-14-8-12(10-18-11-14)17(21)20-13-5-6-15(22-2)16(9-13)23-3/h4-6,8-11,19H,1,7H2,2-3H3,(H,20,21). The summed E-state index contributed by atoms with van der Waals surface area (Å²) >= 11 is 0. The average Bonchev–Trinajstić information content (AvgIpc) is 2.60. The van der Waals surface area contributed by atoms with Crippen molar-refractivity contribution in [1.82, 2.24) is 4.98 Å². The van der Waals surface area contributed by atoms with Crippen LogP contribution in [0.2, 0.25) is 0 Å². The first-order valence-corrected chi connectivity index (χ1v) is 7.01. The number of aromatic nitrogens is 1. The van der Waals surface area contributed by atoms with Crippen molar-refractivity contribution in [3.63, 3.8) is 0 Å². The molecule has 2 N–H and O–H groups in total. The van der Waals surface area contributed by atoms with Gasteiger partial charge >= 0.3 is 0 Å². The predicted molar refractivity (Wildman–Crippen MR) is 90.4 cm³/mol. The van der Waals surface area contributed by atoms with Crippen molar-refractivity contribution in [1.29, 1.82) is 0 Å². The second-order valence-electron chi connectivity index (χ2n) is 4.66. The highest BCUT2D eigenvalue weighted by Crippen LogP contribution is 2.29. The number of pyridine rings is 1. The van der Waals surface area contributed by atoms with Gasteiger partial charge in [0.1, 0.15) is 0 Å². The number of carbonyl (C=O) groups is 1. The number of hydrogen-bond donors (Lipinski definition) is 2. The third-order valence-corrected chi connectivity index (χ3v) is 3.09. The van der Waals surface area contributed by atoms with Crippen molar-refractivity contribution < 1.29 is 14.3 Å². The highest BCUT2D eigenvalue weighted by atomic mass is 16.5. The minimum atomic E-state index is -0.257. The molecule has 1 aromatic carbocycles. The number of amides is 1. The number of nitrogens with zero attached hydrogens (tertiary/aromatic N) is 1. The highest BCUT2D eigenvalue weighted by Gasteiger charge is 2.10. The van der Waals surface area contributed by atoms with E-state index >= 15 is 0 Å². The summed E-state index contributed by atoms with van der Waals surface area (Å²) in [5.74, 6) is 0.889. The zero-order valence-corrected chi connectivity index (χ0v) is 13.1. The van der Waals surface area contributed by atoms with Crippen LogP contribution in [0.4, 0.5) is 11.4 Å². The summed E-state index contributed by atoms with van der Waals surface area (Å²) < 4.78 is 10.4. The molecule has 0 aliphatic heterocycles. The lowest BCUT2D eigenvalue weighted by molar-refractivity contribution is 0.102. The van der Waals surface area contributed by atoms with E-state index in [1.165, 1.54) is 6.20 Å². The van der Waals surface area contributed by atoms with E-state index in [1.807, 2.05) is 0 Å². The van der Waals surface area contributed by atoms with Crippen LogP contribution in [0.25, 0.3) is 0 Å². The zero-order chi connectivity index (χ0) is 16.7. The topological polar surface area (TPSA) is 72.5 Å². The molecule has 0 saturated carbocycles. The Labute approximate surface area is 135 Å². The van der Waals surface area contributed by atoms with Crippen molar-refractivity contribution in [3.8, 4) is 11.5 Å². The maximum atomic E-state index is 12.3. The molecule has 0 aliphatic rings. The van der Waals surface area contributed by atoms with Gasteiger partial charge in [0, 0.05) is 30.7 Å². The molecule has 0 radical (unpaired) electrons. The number of benzene rings is 1. The molecule has 1 amide bonds. The summed E-state index contributed by atoms with van der Waals surface area (Å²) in [6.07, 6.45) is 4.89. The molecule has 1 heterocycles. The second-order valence-corrected chi connectivity index (χ2v) is 4.66. The van der Waals surface area contributed by atoms with Crippen LogP contribution in [0.5, 0.6) is 11.5 Å². The van der Waals surface area contributed by atoms with E-state index in [2.05, 4.69) is 22.2 Å². The molecule has 0 spiro atoms. The van der Waals surface area contributed by atoms with Gasteiger partial charge in [0.25, 0.3) is 5.91 Å². The Morgan fingerprint density at radius 2 is 1.96 bits per heavy atom. The number of anilines is 2. The van der Waals surface area contributed by atoms with Crippen molar-refractivity contribution in [2.45, 2.75) is 0 Å². The lowest BCUT2D eigenvalue weighted by Gasteiger charge is -2.11. The maximum absolute atomic E-state index is 12.3. The molecule has 0 atom stereocenters. The Morgan fingerprint density at radius 1 is 1.17 bits per heavy atom. The van der Waals surface area contributed by atoms with E-state index < -0.39 is 0 Å². The molecule has 0 unspecified atom stereocenters. The molecule has 120 valence electrons. The number of ether oxygens (including phenoxy) is 2. The van der Waals surface area contributed by atoms with Gasteiger partial charge < -0.3 is 20.1 Å². The molecule has 0 bridgehead atoms. The van der Waals surface area contributed by atoms with Crippen molar-refractivity contribution in [2.75, 3.05) is 31.4 Å². The van der Waals surface area contributed by atoms with Gasteiger partial charge in [0.15, 0.2) is 11.5 Å². The van der Waals surface area contributed by atoms with Crippen molar-refractivity contribution in [3.05, 3.63) is 54.9 Å². The minimum Gasteiger partial charge on any atom is -0.493 e. The minimum absolute atomic E-state index is 0.257. The first kappa shape index (κ1) is 16.4. The van der Waals surface area contributed by atoms with E-state index in [-0.39, 0.29) is 5.91 Å². The zero-order valence-electron chi connectivity index (χ0n) is 13.1. The fourth-order valence-corrected chi connectivity index (χ4v) is 1.97. The van der Waals surface area contributed by atoms with Gasteiger partial charge in [0.05, 0.1) is 25.5 Å². The smallest absolute Gasteiger partial charge is 0.257 e. The quantitative estimate of drug-likeness (QED) is 0.769. The number of rotatable bonds is 7. The van der Waals surface area contributed by atoms with Gasteiger partial charge in [-0.15, -0.1) is 6.58 Å². The Balaban J connectivity index is 2.14. The lowest BCUT2D eigenvalue weighted by atomic mass is 10.2. The molecule has 0 saturated heterocycles. The largest absolute Gasteiger partial charge is 0.493 e. The Bertz CT molecular complexity index is 701. The SMILES string of the molecule is C=CCNc1cncc(C(=O)Nc2ccc(OC)c(OC)c2)c1. The van der Waals surface area contributed by atoms with Gasteiger partial charge in [-0.2, -0.15) is 0 Å². The Hall–Kier alpha value is -3.02. The van der Waals surface area contributed by atoms with E-state index in [0.717, 1.165) is 5.69 Å². The van der Waals surface area contributed by atoms with Crippen LogP contribution >= 0.6 is 0 Å². The van der Waals surface area contributed by atoms with Crippen LogP contribution in [0.1, 0.15) is 10.4 Å². The normalized spacial score (nSPS) is 9.83. The van der Waals surface area contributed by atoms with E-state index in [0.29, 0.717) is 29.3 Å². The molecule has 0 fully saturated rings. The van der Waals surface area contributed by atoms with Crippen LogP contribution in [-0.2, 0) is 0 Å². The van der Waals surface area contributed by atoms with Gasteiger partial charge in [-0.1, -0.05) is 6.08 Å². The molecule has 23 heavy (non-hydrogen) atoms. The fourth-order valence-electron chi connectivity index (χ4n) is 1.97. The molecule has 1 aromatic heterocycles. The summed E-state index contributed by atoms with van der Waals surface area (Å²) in [6, 6.07) is 6.90. The van der Waals surface area contributed by atoms with Gasteiger partial charge in [-0.25, -0.2) is 0 Å². The second kappa shape index (κ2) is 7.84. The monoisotopic (exact) mass is 313 g/mol. The van der Waals surface area contributed by atoms with Gasteiger partial charge in [-0.3, -0.25) is 9.78 Å². The number of hydrogen-bond acceptors (Lipinski definition) is 5. The highest BCUT2D eigenvalue weighted by molar-refractivity contribution is 6.04. The van der Waals surface area contributed by atoms with Crippen molar-refractivity contribution >= 4 is 17.3 Å². The average molecular weight is 313 g/mol. The summed E-state index contributed by atoms with van der Waals surface area (Å²) in [5, 5.41) is 5.89. The van der Waals surface area contributed by atoms with Crippen LogP contribution in [0.15, 0.2) is 49.3 Å². The first-order valence-electron chi connectivity index (χ1n) is 7.01. The van der Waals surface area contributed by atoms with Gasteiger partial charge in [-0.05, 0) is 18.2 Å². The number of nitrogens with one attached hydrogen (secondary N) is 2. The third kappa shape index (κ3) is 4.23. The Kier molecular flexibility index (Phi) is 5.57. The van der Waals surface area contributed by atoms with Crippen LogP contribution in [-0.4, -0.2) is 31.7 Å². The first-order chi connectivity index (χ1) is 11.2. The summed E-state index contributed by atoms with van der Waals surface area (Å²) in [6.45, 7) is 4.23. The molecule has 2 aromatic rings. The summed E-state index contributed by atoms with van der Waals surface area (Å²) in [7, 11) is 3.10. The van der Waals surface area contributed by atoms with E-state index in [1.54, 1.807) is 50.8 Å². The lowest BCUT2D eigenvalue weighted by Crippen LogP contribution is -2.13. The predicted octanol–water partition coefficient (Wildman–Crippen LogP) is 2.95. The van der Waals surface area contributed by atoms with Crippen molar-refractivity contribution in [2.24, 2.45) is 0 Å². The molecular weight excluding hydrogens is 294 g/mol. The number of methoxy groups -OCH3 is 2.